The van der Waals surface area contributed by atoms with Crippen LogP contribution in [0.2, 0.25) is 0 Å². The lowest BCUT2D eigenvalue weighted by molar-refractivity contribution is 0.0941. The Balaban J connectivity index is 3.05. The van der Waals surface area contributed by atoms with Crippen molar-refractivity contribution in [2.45, 2.75) is 59.4 Å². The molecule has 1 N–H and O–H groups in total. The Bertz CT molecular complexity index is 443. The van der Waals surface area contributed by atoms with Gasteiger partial charge in [-0.25, -0.2) is 0 Å². The summed E-state index contributed by atoms with van der Waals surface area (Å²) in [5, 5.41) is 3.25. The van der Waals surface area contributed by atoms with Crippen molar-refractivity contribution < 1.29 is 4.79 Å². The highest BCUT2D eigenvalue weighted by Crippen LogP contribution is 2.25. The Morgan fingerprint density at radius 1 is 1.26 bits per heavy atom. The first-order valence-corrected chi connectivity index (χ1v) is 7.20. The van der Waals surface area contributed by atoms with Crippen LogP contribution in [0.4, 0.5) is 0 Å². The molecule has 106 valence electrons. The molecule has 0 saturated heterocycles. The molecule has 0 spiro atoms. The lowest BCUT2D eigenvalue weighted by Crippen LogP contribution is -2.36. The Labute approximate surface area is 117 Å². The number of carbonyl (C=O) groups excluding carboxylic acids is 1. The monoisotopic (exact) mass is 261 g/mol. The maximum atomic E-state index is 12.5. The minimum atomic E-state index is -0.0656. The second-order valence-electron chi connectivity index (χ2n) is 6.16. The van der Waals surface area contributed by atoms with Gasteiger partial charge < -0.3 is 5.32 Å². The normalized spacial score (nSPS) is 13.4. The van der Waals surface area contributed by atoms with Crippen molar-refractivity contribution in [3.05, 3.63) is 34.9 Å². The summed E-state index contributed by atoms with van der Waals surface area (Å²) in [7, 11) is 0. The Morgan fingerprint density at radius 3 is 2.32 bits per heavy atom. The van der Waals surface area contributed by atoms with Crippen molar-refractivity contribution >= 4 is 5.78 Å². The first-order chi connectivity index (χ1) is 8.81. The van der Waals surface area contributed by atoms with E-state index in [1.165, 1.54) is 5.56 Å². The SMILES string of the molecule is CCNC(CC)C(=O)c1ccc(C(C)(C)C)cc1C. The van der Waals surface area contributed by atoms with E-state index in [2.05, 4.69) is 38.2 Å². The van der Waals surface area contributed by atoms with Crippen LogP contribution >= 0.6 is 0 Å². The summed E-state index contributed by atoms with van der Waals surface area (Å²) in [6.45, 7) is 13.5. The van der Waals surface area contributed by atoms with Crippen LogP contribution in [0.1, 0.15) is 62.5 Å². The number of hydrogen-bond acceptors (Lipinski definition) is 2. The minimum Gasteiger partial charge on any atom is -0.307 e. The van der Waals surface area contributed by atoms with E-state index in [4.69, 9.17) is 0 Å². The number of aryl methyl sites for hydroxylation is 1. The molecule has 0 fully saturated rings. The third-order valence-corrected chi connectivity index (χ3v) is 3.53. The number of carbonyl (C=O) groups is 1. The number of ketones is 1. The molecule has 1 rings (SSSR count). The van der Waals surface area contributed by atoms with Gasteiger partial charge in [0.25, 0.3) is 0 Å². The third kappa shape index (κ3) is 3.90. The Morgan fingerprint density at radius 2 is 1.89 bits per heavy atom. The molecule has 2 nitrogen and oxygen atoms in total. The van der Waals surface area contributed by atoms with Crippen LogP contribution in [0.5, 0.6) is 0 Å². The fourth-order valence-electron chi connectivity index (χ4n) is 2.26. The third-order valence-electron chi connectivity index (χ3n) is 3.53. The largest absolute Gasteiger partial charge is 0.307 e. The fourth-order valence-corrected chi connectivity index (χ4v) is 2.26. The predicted molar refractivity (Wildman–Crippen MR) is 82.0 cm³/mol. The van der Waals surface area contributed by atoms with Gasteiger partial charge in [0.15, 0.2) is 5.78 Å². The summed E-state index contributed by atoms with van der Waals surface area (Å²) in [6, 6.07) is 6.15. The predicted octanol–water partition coefficient (Wildman–Crippen LogP) is 3.86. The van der Waals surface area contributed by atoms with Gasteiger partial charge in [0.05, 0.1) is 6.04 Å². The van der Waals surface area contributed by atoms with Crippen LogP contribution in [-0.4, -0.2) is 18.4 Å². The highest BCUT2D eigenvalue weighted by molar-refractivity contribution is 6.01. The number of likely N-dealkylation sites (N-methyl/N-ethyl adjacent to an activating group) is 1. The second-order valence-corrected chi connectivity index (χ2v) is 6.16. The molecular formula is C17H27NO. The maximum Gasteiger partial charge on any atom is 0.179 e. The van der Waals surface area contributed by atoms with E-state index in [1.807, 2.05) is 26.8 Å². The first kappa shape index (κ1) is 15.9. The van der Waals surface area contributed by atoms with Gasteiger partial charge in [0.1, 0.15) is 0 Å². The zero-order valence-electron chi connectivity index (χ0n) is 13.1. The minimum absolute atomic E-state index is 0.0656. The molecular weight excluding hydrogens is 234 g/mol. The van der Waals surface area contributed by atoms with E-state index in [1.54, 1.807) is 0 Å². The smallest absolute Gasteiger partial charge is 0.179 e. The molecule has 0 amide bonds. The van der Waals surface area contributed by atoms with Crippen LogP contribution in [-0.2, 0) is 5.41 Å². The zero-order chi connectivity index (χ0) is 14.6. The highest BCUT2D eigenvalue weighted by atomic mass is 16.1. The Hall–Kier alpha value is -1.15. The van der Waals surface area contributed by atoms with Crippen molar-refractivity contribution in [3.63, 3.8) is 0 Å². The number of rotatable bonds is 5. The van der Waals surface area contributed by atoms with Gasteiger partial charge in [-0.2, -0.15) is 0 Å². The van der Waals surface area contributed by atoms with Crippen molar-refractivity contribution in [1.29, 1.82) is 0 Å². The topological polar surface area (TPSA) is 29.1 Å². The van der Waals surface area contributed by atoms with E-state index < -0.39 is 0 Å². The molecule has 0 radical (unpaired) electrons. The Kier molecular flexibility index (Phi) is 5.30. The van der Waals surface area contributed by atoms with Gasteiger partial charge in [-0.1, -0.05) is 52.8 Å². The summed E-state index contributed by atoms with van der Waals surface area (Å²) in [5.41, 5.74) is 3.32. The van der Waals surface area contributed by atoms with Gasteiger partial charge in [-0.3, -0.25) is 4.79 Å². The van der Waals surface area contributed by atoms with Crippen LogP contribution in [0.25, 0.3) is 0 Å². The number of Topliss-reactive ketones (excluding diaryl/α,β-unsaturated/α-hetero) is 1. The van der Waals surface area contributed by atoms with Crippen molar-refractivity contribution in [1.82, 2.24) is 5.32 Å². The molecule has 0 aromatic heterocycles. The van der Waals surface area contributed by atoms with Gasteiger partial charge in [0, 0.05) is 5.56 Å². The average Bonchev–Trinajstić information content (AvgIpc) is 2.34. The lowest BCUT2D eigenvalue weighted by Gasteiger charge is -2.21. The van der Waals surface area contributed by atoms with E-state index in [0.29, 0.717) is 0 Å². The fraction of sp³-hybridized carbons (Fsp3) is 0.588. The lowest BCUT2D eigenvalue weighted by atomic mass is 9.84. The molecule has 0 aliphatic heterocycles. The molecule has 0 aliphatic rings. The standard InChI is InChI=1S/C17H27NO/c1-7-15(18-8-2)16(19)14-10-9-13(11-12(14)3)17(4,5)6/h9-11,15,18H,7-8H2,1-6H3. The van der Waals surface area contributed by atoms with E-state index in [0.717, 1.165) is 24.1 Å². The summed E-state index contributed by atoms with van der Waals surface area (Å²) in [6.07, 6.45) is 0.827. The van der Waals surface area contributed by atoms with E-state index in [9.17, 15) is 4.79 Å². The summed E-state index contributed by atoms with van der Waals surface area (Å²) >= 11 is 0. The summed E-state index contributed by atoms with van der Waals surface area (Å²) in [5.74, 6) is 0.210. The molecule has 0 aliphatic carbocycles. The van der Waals surface area contributed by atoms with Crippen molar-refractivity contribution in [2.75, 3.05) is 6.54 Å². The molecule has 2 heteroatoms. The highest BCUT2D eigenvalue weighted by Gasteiger charge is 2.20. The van der Waals surface area contributed by atoms with Gasteiger partial charge in [0.2, 0.25) is 0 Å². The summed E-state index contributed by atoms with van der Waals surface area (Å²) in [4.78, 5) is 12.5. The number of hydrogen-bond donors (Lipinski definition) is 1. The van der Waals surface area contributed by atoms with Gasteiger partial charge in [-0.15, -0.1) is 0 Å². The quantitative estimate of drug-likeness (QED) is 0.815. The molecule has 1 aromatic carbocycles. The van der Waals surface area contributed by atoms with Crippen LogP contribution < -0.4 is 5.32 Å². The molecule has 0 saturated carbocycles. The molecule has 1 atom stereocenters. The van der Waals surface area contributed by atoms with Gasteiger partial charge >= 0.3 is 0 Å². The first-order valence-electron chi connectivity index (χ1n) is 7.20. The summed E-state index contributed by atoms with van der Waals surface area (Å²) < 4.78 is 0. The molecule has 1 unspecified atom stereocenters. The average molecular weight is 261 g/mol. The van der Waals surface area contributed by atoms with Crippen LogP contribution in [0.15, 0.2) is 18.2 Å². The molecule has 0 bridgehead atoms. The second kappa shape index (κ2) is 6.33. The van der Waals surface area contributed by atoms with Crippen molar-refractivity contribution in [2.24, 2.45) is 0 Å². The molecule has 19 heavy (non-hydrogen) atoms. The zero-order valence-corrected chi connectivity index (χ0v) is 13.1. The van der Waals surface area contributed by atoms with E-state index in [-0.39, 0.29) is 17.2 Å². The number of nitrogens with one attached hydrogen (secondary N) is 1. The number of benzene rings is 1. The molecule has 0 heterocycles. The van der Waals surface area contributed by atoms with Crippen LogP contribution in [0, 0.1) is 6.92 Å². The van der Waals surface area contributed by atoms with Gasteiger partial charge in [-0.05, 0) is 36.4 Å². The van der Waals surface area contributed by atoms with Crippen molar-refractivity contribution in [3.8, 4) is 0 Å². The maximum absolute atomic E-state index is 12.5. The van der Waals surface area contributed by atoms with Crippen LogP contribution in [0.3, 0.4) is 0 Å². The van der Waals surface area contributed by atoms with E-state index >= 15 is 0 Å². The molecule has 1 aromatic rings.